The first-order valence-corrected chi connectivity index (χ1v) is 7.97. The quantitative estimate of drug-likeness (QED) is 0.664. The van der Waals surface area contributed by atoms with E-state index in [1.54, 1.807) is 7.11 Å². The van der Waals surface area contributed by atoms with Gasteiger partial charge < -0.3 is 9.84 Å². The third-order valence-electron chi connectivity index (χ3n) is 3.34. The van der Waals surface area contributed by atoms with E-state index in [-0.39, 0.29) is 6.10 Å². The molecule has 0 spiro atoms. The van der Waals surface area contributed by atoms with Crippen LogP contribution in [0.4, 0.5) is 0 Å². The summed E-state index contributed by atoms with van der Waals surface area (Å²) in [5, 5.41) is 10.1. The summed E-state index contributed by atoms with van der Waals surface area (Å²) in [6, 6.07) is 5.92. The molecule has 0 radical (unpaired) electrons. The predicted octanol–water partition coefficient (Wildman–Crippen LogP) is 4.72. The maximum Gasteiger partial charge on any atom is 0.122 e. The molecule has 0 aliphatic carbocycles. The van der Waals surface area contributed by atoms with Gasteiger partial charge in [0, 0.05) is 10.9 Å². The molecule has 0 saturated heterocycles. The van der Waals surface area contributed by atoms with E-state index in [4.69, 9.17) is 4.74 Å². The number of halogens is 1. The first-order chi connectivity index (χ1) is 9.17. The normalized spacial score (nSPS) is 12.4. The highest BCUT2D eigenvalue weighted by Crippen LogP contribution is 2.25. The van der Waals surface area contributed by atoms with Crippen LogP contribution >= 0.6 is 15.9 Å². The van der Waals surface area contributed by atoms with Gasteiger partial charge in [-0.25, -0.2) is 0 Å². The van der Waals surface area contributed by atoms with Crippen LogP contribution < -0.4 is 4.74 Å². The van der Waals surface area contributed by atoms with Crippen molar-refractivity contribution in [2.45, 2.75) is 58.0 Å². The number of rotatable bonds is 9. The van der Waals surface area contributed by atoms with E-state index in [1.165, 1.54) is 25.7 Å². The first-order valence-electron chi connectivity index (χ1n) is 7.17. The minimum absolute atomic E-state index is 0.273. The molecule has 1 atom stereocenters. The summed E-state index contributed by atoms with van der Waals surface area (Å²) in [6.07, 6.45) is 7.44. The average molecular weight is 329 g/mol. The monoisotopic (exact) mass is 328 g/mol. The maximum absolute atomic E-state index is 10.1. The number of unbranched alkanes of at least 4 members (excludes halogenated alkanes) is 4. The Morgan fingerprint density at radius 2 is 1.95 bits per heavy atom. The largest absolute Gasteiger partial charge is 0.496 e. The van der Waals surface area contributed by atoms with Gasteiger partial charge in [-0.3, -0.25) is 0 Å². The molecule has 0 heterocycles. The van der Waals surface area contributed by atoms with Gasteiger partial charge >= 0.3 is 0 Å². The smallest absolute Gasteiger partial charge is 0.122 e. The number of benzene rings is 1. The van der Waals surface area contributed by atoms with Crippen molar-refractivity contribution in [1.82, 2.24) is 0 Å². The highest BCUT2D eigenvalue weighted by Gasteiger charge is 2.10. The molecule has 0 fully saturated rings. The third-order valence-corrected chi connectivity index (χ3v) is 3.83. The van der Waals surface area contributed by atoms with E-state index in [9.17, 15) is 5.11 Å². The lowest BCUT2D eigenvalue weighted by Crippen LogP contribution is -2.11. The summed E-state index contributed by atoms with van der Waals surface area (Å²) < 4.78 is 6.35. The molecule has 0 aliphatic heterocycles. The van der Waals surface area contributed by atoms with Crippen LogP contribution in [0.15, 0.2) is 22.7 Å². The van der Waals surface area contributed by atoms with Gasteiger partial charge in [0.15, 0.2) is 0 Å². The van der Waals surface area contributed by atoms with Gasteiger partial charge in [0.25, 0.3) is 0 Å². The van der Waals surface area contributed by atoms with Gasteiger partial charge in [-0.2, -0.15) is 0 Å². The number of ether oxygens (including phenoxy) is 1. The van der Waals surface area contributed by atoms with Crippen molar-refractivity contribution in [2.24, 2.45) is 0 Å². The summed E-state index contributed by atoms with van der Waals surface area (Å²) in [5.41, 5.74) is 1.07. The highest BCUT2D eigenvalue weighted by atomic mass is 79.9. The number of hydrogen-bond donors (Lipinski definition) is 1. The molecule has 1 rings (SSSR count). The Morgan fingerprint density at radius 3 is 2.63 bits per heavy atom. The molecule has 1 aromatic rings. The van der Waals surface area contributed by atoms with Crippen LogP contribution in [0, 0.1) is 0 Å². The molecule has 0 aliphatic rings. The molecule has 3 heteroatoms. The molecule has 0 bridgehead atoms. The summed E-state index contributed by atoms with van der Waals surface area (Å²) >= 11 is 3.46. The fourth-order valence-corrected chi connectivity index (χ4v) is 2.65. The van der Waals surface area contributed by atoms with Gasteiger partial charge in [0.1, 0.15) is 5.75 Å². The van der Waals surface area contributed by atoms with Crippen molar-refractivity contribution in [3.05, 3.63) is 28.2 Å². The van der Waals surface area contributed by atoms with Crippen LogP contribution in [-0.2, 0) is 6.42 Å². The van der Waals surface area contributed by atoms with E-state index < -0.39 is 0 Å². The van der Waals surface area contributed by atoms with Crippen LogP contribution in [0.5, 0.6) is 5.75 Å². The highest BCUT2D eigenvalue weighted by molar-refractivity contribution is 9.10. The Bertz CT molecular complexity index is 366. The van der Waals surface area contributed by atoms with Gasteiger partial charge in [-0.15, -0.1) is 0 Å². The fraction of sp³-hybridized carbons (Fsp3) is 0.625. The van der Waals surface area contributed by atoms with Crippen molar-refractivity contribution in [3.63, 3.8) is 0 Å². The Labute approximate surface area is 125 Å². The van der Waals surface area contributed by atoms with Crippen molar-refractivity contribution in [1.29, 1.82) is 0 Å². The van der Waals surface area contributed by atoms with Crippen LogP contribution in [0.1, 0.15) is 51.0 Å². The Morgan fingerprint density at radius 1 is 1.21 bits per heavy atom. The van der Waals surface area contributed by atoms with Crippen molar-refractivity contribution in [3.8, 4) is 5.75 Å². The number of methoxy groups -OCH3 is 1. The molecule has 1 aromatic carbocycles. The summed E-state index contributed by atoms with van der Waals surface area (Å²) in [5.74, 6) is 0.855. The van der Waals surface area contributed by atoms with Crippen LogP contribution in [0.25, 0.3) is 0 Å². The zero-order valence-electron chi connectivity index (χ0n) is 12.0. The van der Waals surface area contributed by atoms with Gasteiger partial charge in [0.2, 0.25) is 0 Å². The summed E-state index contributed by atoms with van der Waals surface area (Å²) in [7, 11) is 1.67. The van der Waals surface area contributed by atoms with Gasteiger partial charge in [-0.05, 0) is 30.2 Å². The molecular weight excluding hydrogens is 304 g/mol. The zero-order valence-corrected chi connectivity index (χ0v) is 13.6. The molecule has 0 aromatic heterocycles. The van der Waals surface area contributed by atoms with Crippen LogP contribution in [0.2, 0.25) is 0 Å². The second kappa shape index (κ2) is 9.38. The lowest BCUT2D eigenvalue weighted by Gasteiger charge is -2.13. The van der Waals surface area contributed by atoms with E-state index in [1.807, 2.05) is 18.2 Å². The van der Waals surface area contributed by atoms with Crippen LogP contribution in [0.3, 0.4) is 0 Å². The standard InChI is InChI=1S/C16H25BrO2/c1-3-4-5-6-7-8-15(18)12-13-11-14(17)9-10-16(13)19-2/h9-11,15,18H,3-8,12H2,1-2H3. The summed E-state index contributed by atoms with van der Waals surface area (Å²) in [6.45, 7) is 2.22. The second-order valence-corrected chi connectivity index (χ2v) is 5.93. The zero-order chi connectivity index (χ0) is 14.1. The Balaban J connectivity index is 2.39. The molecule has 19 heavy (non-hydrogen) atoms. The molecule has 0 saturated carbocycles. The predicted molar refractivity (Wildman–Crippen MR) is 83.8 cm³/mol. The fourth-order valence-electron chi connectivity index (χ4n) is 2.25. The molecule has 0 amide bonds. The molecular formula is C16H25BrO2. The van der Waals surface area contributed by atoms with Gasteiger partial charge in [0.05, 0.1) is 13.2 Å². The number of hydrogen-bond acceptors (Lipinski definition) is 2. The molecule has 108 valence electrons. The second-order valence-electron chi connectivity index (χ2n) is 5.02. The topological polar surface area (TPSA) is 29.5 Å². The minimum atomic E-state index is -0.273. The van der Waals surface area contributed by atoms with Crippen LogP contribution in [-0.4, -0.2) is 18.3 Å². The van der Waals surface area contributed by atoms with E-state index in [2.05, 4.69) is 22.9 Å². The van der Waals surface area contributed by atoms with E-state index in [0.29, 0.717) is 6.42 Å². The minimum Gasteiger partial charge on any atom is -0.496 e. The molecule has 2 nitrogen and oxygen atoms in total. The maximum atomic E-state index is 10.1. The van der Waals surface area contributed by atoms with E-state index >= 15 is 0 Å². The van der Waals surface area contributed by atoms with E-state index in [0.717, 1.165) is 28.6 Å². The Kier molecular flexibility index (Phi) is 8.15. The molecule has 1 unspecified atom stereocenters. The number of aliphatic hydroxyl groups is 1. The third kappa shape index (κ3) is 6.44. The lowest BCUT2D eigenvalue weighted by atomic mass is 10.0. The number of aliphatic hydroxyl groups excluding tert-OH is 1. The SMILES string of the molecule is CCCCCCCC(O)Cc1cc(Br)ccc1OC. The van der Waals surface area contributed by atoms with Crippen molar-refractivity contribution in [2.75, 3.05) is 7.11 Å². The first kappa shape index (κ1) is 16.5. The van der Waals surface area contributed by atoms with Crippen molar-refractivity contribution >= 4 is 15.9 Å². The summed E-state index contributed by atoms with van der Waals surface area (Å²) in [4.78, 5) is 0. The lowest BCUT2D eigenvalue weighted by molar-refractivity contribution is 0.160. The average Bonchev–Trinajstić information content (AvgIpc) is 2.39. The Hall–Kier alpha value is -0.540. The van der Waals surface area contributed by atoms with Gasteiger partial charge in [-0.1, -0.05) is 55.0 Å². The van der Waals surface area contributed by atoms with Crippen molar-refractivity contribution < 1.29 is 9.84 Å². The molecule has 1 N–H and O–H groups in total.